The first-order chi connectivity index (χ1) is 14.5. The Morgan fingerprint density at radius 2 is 1.43 bits per heavy atom. The van der Waals surface area contributed by atoms with Crippen molar-refractivity contribution < 1.29 is 8.78 Å². The molecule has 0 radical (unpaired) electrons. The van der Waals surface area contributed by atoms with Crippen molar-refractivity contribution in [3.63, 3.8) is 0 Å². The van der Waals surface area contributed by atoms with Crippen LogP contribution in [0.1, 0.15) is 95.6 Å². The Hall–Kier alpha value is -1.36. The average molecular weight is 415 g/mol. The lowest BCUT2D eigenvalue weighted by Crippen LogP contribution is -2.35. The van der Waals surface area contributed by atoms with Gasteiger partial charge in [0.1, 0.15) is 0 Å². The summed E-state index contributed by atoms with van der Waals surface area (Å²) in [6, 6.07) is 9.22. The Balaban J connectivity index is 1.38. The van der Waals surface area contributed by atoms with Gasteiger partial charge in [-0.1, -0.05) is 56.4 Å². The fourth-order valence-electron chi connectivity index (χ4n) is 5.29. The summed E-state index contributed by atoms with van der Waals surface area (Å²) < 4.78 is 28.3. The highest BCUT2D eigenvalue weighted by Gasteiger charge is 2.43. The number of halogens is 2. The first-order valence-corrected chi connectivity index (χ1v) is 12.5. The van der Waals surface area contributed by atoms with E-state index in [4.69, 9.17) is 0 Å². The van der Waals surface area contributed by atoms with Gasteiger partial charge in [-0.3, -0.25) is 0 Å². The standard InChI is InChI=1S/C28H40F2/c1-3-5-6-22-7-9-23(10-8-22)11-12-24-13-15-25(16-14-24)17-18-26-19-20-27(4-2)28(29,30)21-26/h7-10,24-27H,3-6,11-16,19-21H2,1-2H3. The van der Waals surface area contributed by atoms with Crippen LogP contribution in [0.25, 0.3) is 0 Å². The highest BCUT2D eigenvalue weighted by atomic mass is 19.3. The SMILES string of the molecule is CCCCc1ccc(CCC2CCC(C#CC3CCC(CC)C(F)(F)C3)CC2)cc1. The molecular formula is C28H40F2. The predicted octanol–water partition coefficient (Wildman–Crippen LogP) is 8.23. The Morgan fingerprint density at radius 1 is 0.833 bits per heavy atom. The zero-order valence-electron chi connectivity index (χ0n) is 19.1. The van der Waals surface area contributed by atoms with E-state index in [-0.39, 0.29) is 12.3 Å². The second-order valence-corrected chi connectivity index (χ2v) is 9.81. The van der Waals surface area contributed by atoms with Crippen LogP contribution < -0.4 is 0 Å². The molecule has 2 aliphatic rings. The molecule has 0 spiro atoms. The van der Waals surface area contributed by atoms with Crippen LogP contribution in [0.5, 0.6) is 0 Å². The number of alkyl halides is 2. The molecule has 2 atom stereocenters. The third-order valence-electron chi connectivity index (χ3n) is 7.49. The lowest BCUT2D eigenvalue weighted by molar-refractivity contribution is -0.0957. The second kappa shape index (κ2) is 11.3. The number of aryl methyl sites for hydroxylation is 2. The normalized spacial score (nSPS) is 28.5. The molecule has 0 aromatic heterocycles. The van der Waals surface area contributed by atoms with Gasteiger partial charge >= 0.3 is 0 Å². The van der Waals surface area contributed by atoms with Crippen LogP contribution in [0.15, 0.2) is 24.3 Å². The summed E-state index contributed by atoms with van der Waals surface area (Å²) in [5.41, 5.74) is 2.92. The first kappa shape index (κ1) is 23.3. The summed E-state index contributed by atoms with van der Waals surface area (Å²) in [6.07, 6.45) is 13.0. The lowest BCUT2D eigenvalue weighted by Gasteiger charge is -2.33. The van der Waals surface area contributed by atoms with Crippen LogP contribution in [-0.4, -0.2) is 5.92 Å². The predicted molar refractivity (Wildman–Crippen MR) is 123 cm³/mol. The Labute approximate surface area is 183 Å². The fraction of sp³-hybridized carbons (Fsp3) is 0.714. The van der Waals surface area contributed by atoms with Crippen LogP contribution in [0.4, 0.5) is 8.78 Å². The minimum atomic E-state index is -2.52. The lowest BCUT2D eigenvalue weighted by atomic mass is 9.77. The van der Waals surface area contributed by atoms with E-state index in [9.17, 15) is 8.78 Å². The quantitative estimate of drug-likeness (QED) is 0.394. The van der Waals surface area contributed by atoms with E-state index in [0.717, 1.165) is 25.2 Å². The van der Waals surface area contributed by atoms with Crippen LogP contribution in [0.2, 0.25) is 0 Å². The molecule has 166 valence electrons. The Kier molecular flexibility index (Phi) is 8.79. The third kappa shape index (κ3) is 6.83. The molecule has 0 saturated heterocycles. The molecule has 0 bridgehead atoms. The van der Waals surface area contributed by atoms with Crippen molar-refractivity contribution in [2.45, 2.75) is 103 Å². The summed E-state index contributed by atoms with van der Waals surface area (Å²) in [7, 11) is 0. The summed E-state index contributed by atoms with van der Waals surface area (Å²) >= 11 is 0. The molecule has 2 fully saturated rings. The van der Waals surface area contributed by atoms with Crippen LogP contribution >= 0.6 is 0 Å². The summed E-state index contributed by atoms with van der Waals surface area (Å²) in [5, 5.41) is 0. The van der Waals surface area contributed by atoms with E-state index < -0.39 is 11.8 Å². The van der Waals surface area contributed by atoms with Gasteiger partial charge in [0.2, 0.25) is 0 Å². The molecule has 1 aromatic carbocycles. The van der Waals surface area contributed by atoms with Crippen molar-refractivity contribution in [3.8, 4) is 11.8 Å². The van der Waals surface area contributed by atoms with Gasteiger partial charge in [-0.2, -0.15) is 0 Å². The van der Waals surface area contributed by atoms with E-state index in [1.54, 1.807) is 0 Å². The van der Waals surface area contributed by atoms with Crippen molar-refractivity contribution >= 4 is 0 Å². The molecule has 3 rings (SSSR count). The van der Waals surface area contributed by atoms with E-state index in [0.29, 0.717) is 18.8 Å². The number of benzene rings is 1. The van der Waals surface area contributed by atoms with Crippen LogP contribution in [0, 0.1) is 35.5 Å². The molecule has 0 amide bonds. The third-order valence-corrected chi connectivity index (χ3v) is 7.49. The van der Waals surface area contributed by atoms with E-state index >= 15 is 0 Å². The number of rotatable bonds is 7. The van der Waals surface area contributed by atoms with Gasteiger partial charge in [0.25, 0.3) is 5.92 Å². The summed E-state index contributed by atoms with van der Waals surface area (Å²) in [4.78, 5) is 0. The zero-order chi connectivity index (χ0) is 21.4. The van der Waals surface area contributed by atoms with Crippen molar-refractivity contribution in [2.24, 2.45) is 23.7 Å². The largest absolute Gasteiger partial charge is 0.252 e. The molecule has 30 heavy (non-hydrogen) atoms. The van der Waals surface area contributed by atoms with Crippen molar-refractivity contribution in [1.82, 2.24) is 0 Å². The minimum absolute atomic E-state index is 0.0227. The monoisotopic (exact) mass is 414 g/mol. The van der Waals surface area contributed by atoms with Gasteiger partial charge in [0.05, 0.1) is 0 Å². The molecule has 2 aliphatic carbocycles. The fourth-order valence-corrected chi connectivity index (χ4v) is 5.29. The summed E-state index contributed by atoms with van der Waals surface area (Å²) in [6.45, 7) is 4.12. The topological polar surface area (TPSA) is 0 Å². The average Bonchev–Trinajstić information content (AvgIpc) is 2.75. The highest BCUT2D eigenvalue weighted by Crippen LogP contribution is 2.42. The molecular weight excluding hydrogens is 374 g/mol. The van der Waals surface area contributed by atoms with Gasteiger partial charge in [-0.15, -0.1) is 0 Å². The smallest absolute Gasteiger partial charge is 0.207 e. The molecule has 0 aliphatic heterocycles. The second-order valence-electron chi connectivity index (χ2n) is 9.81. The Morgan fingerprint density at radius 3 is 2.03 bits per heavy atom. The maximum Gasteiger partial charge on any atom is 0.252 e. The number of unbranched alkanes of at least 4 members (excludes halogenated alkanes) is 1. The number of hydrogen-bond acceptors (Lipinski definition) is 0. The maximum atomic E-state index is 14.2. The highest BCUT2D eigenvalue weighted by molar-refractivity contribution is 5.22. The summed E-state index contributed by atoms with van der Waals surface area (Å²) in [5.74, 6) is 4.83. The van der Waals surface area contributed by atoms with Gasteiger partial charge in [-0.05, 0) is 87.7 Å². The van der Waals surface area contributed by atoms with Gasteiger partial charge < -0.3 is 0 Å². The molecule has 2 saturated carbocycles. The molecule has 0 heterocycles. The van der Waals surface area contributed by atoms with Crippen LogP contribution in [-0.2, 0) is 12.8 Å². The maximum absolute atomic E-state index is 14.2. The Bertz CT molecular complexity index is 686. The van der Waals surface area contributed by atoms with E-state index in [1.807, 2.05) is 6.92 Å². The number of hydrogen-bond donors (Lipinski definition) is 0. The molecule has 2 unspecified atom stereocenters. The van der Waals surface area contributed by atoms with Crippen molar-refractivity contribution in [3.05, 3.63) is 35.4 Å². The molecule has 0 nitrogen and oxygen atoms in total. The van der Waals surface area contributed by atoms with Crippen LogP contribution in [0.3, 0.4) is 0 Å². The molecule has 1 aromatic rings. The molecule has 2 heteroatoms. The first-order valence-electron chi connectivity index (χ1n) is 12.5. The van der Waals surface area contributed by atoms with Gasteiger partial charge in [-0.25, -0.2) is 8.78 Å². The van der Waals surface area contributed by atoms with Gasteiger partial charge in [0.15, 0.2) is 0 Å². The zero-order valence-corrected chi connectivity index (χ0v) is 19.1. The molecule has 0 N–H and O–H groups in total. The van der Waals surface area contributed by atoms with Crippen molar-refractivity contribution in [1.29, 1.82) is 0 Å². The minimum Gasteiger partial charge on any atom is -0.207 e. The van der Waals surface area contributed by atoms with E-state index in [1.165, 1.54) is 56.1 Å². The van der Waals surface area contributed by atoms with E-state index in [2.05, 4.69) is 43.0 Å². The van der Waals surface area contributed by atoms with Gasteiger partial charge in [0, 0.05) is 24.2 Å². The van der Waals surface area contributed by atoms with Crippen molar-refractivity contribution in [2.75, 3.05) is 0 Å².